The van der Waals surface area contributed by atoms with Crippen LogP contribution in [0.4, 0.5) is 10.3 Å². The molecule has 0 saturated heterocycles. The number of carbonyl (C=O) groups is 2. The Morgan fingerprint density at radius 1 is 0.949 bits per heavy atom. The quantitative estimate of drug-likeness (QED) is 0.232. The van der Waals surface area contributed by atoms with Gasteiger partial charge in [0.25, 0.3) is 5.91 Å². The third-order valence-electron chi connectivity index (χ3n) is 6.32. The Labute approximate surface area is 221 Å². The van der Waals surface area contributed by atoms with E-state index in [1.165, 1.54) is 24.4 Å². The van der Waals surface area contributed by atoms with E-state index < -0.39 is 23.7 Å². The van der Waals surface area contributed by atoms with Gasteiger partial charge in [-0.25, -0.2) is 14.4 Å². The van der Waals surface area contributed by atoms with Crippen molar-refractivity contribution >= 4 is 39.6 Å². The highest BCUT2D eigenvalue weighted by Crippen LogP contribution is 2.24. The van der Waals surface area contributed by atoms with Crippen molar-refractivity contribution in [1.82, 2.24) is 30.2 Å². The van der Waals surface area contributed by atoms with Gasteiger partial charge >= 0.3 is 0 Å². The Bertz CT molecular complexity index is 1810. The molecule has 1 atom stereocenters. The standard InChI is InChI=1S/C29H22FN7O2/c30-21-7-3-6-18(12-21)23(15-26(38)37-29-31-10-11-32-29)36-28(39)19-8-9-22-24(14-19)35-27(34-22)25-13-17-4-1-2-5-20(17)16-33-25/h1-14,16,23H,15H2,(H,34,35)(H,36,39)(H2,31,32,37,38). The summed E-state index contributed by atoms with van der Waals surface area (Å²) >= 11 is 0. The predicted octanol–water partition coefficient (Wildman–Crippen LogP) is 5.14. The van der Waals surface area contributed by atoms with Gasteiger partial charge in [-0.05, 0) is 47.3 Å². The minimum absolute atomic E-state index is 0.125. The maximum atomic E-state index is 14.0. The van der Waals surface area contributed by atoms with Crippen molar-refractivity contribution in [3.63, 3.8) is 0 Å². The maximum absolute atomic E-state index is 14.0. The molecule has 0 aliphatic rings. The molecule has 6 aromatic rings. The van der Waals surface area contributed by atoms with Crippen molar-refractivity contribution in [3.05, 3.63) is 108 Å². The average Bonchev–Trinajstić information content (AvgIpc) is 3.62. The SMILES string of the molecule is O=C(CC(NC(=O)c1ccc2nc(-c3cc4ccccc4cn3)[nH]c2c1)c1cccc(F)c1)Nc1ncc[nH]1. The molecule has 4 N–H and O–H groups in total. The molecular weight excluding hydrogens is 497 g/mol. The van der Waals surface area contributed by atoms with E-state index in [0.29, 0.717) is 33.7 Å². The first-order chi connectivity index (χ1) is 19.0. The second kappa shape index (κ2) is 10.2. The van der Waals surface area contributed by atoms with Crippen LogP contribution in [-0.4, -0.2) is 36.7 Å². The highest BCUT2D eigenvalue weighted by molar-refractivity contribution is 5.98. The first-order valence-electron chi connectivity index (χ1n) is 12.2. The third-order valence-corrected chi connectivity index (χ3v) is 6.32. The van der Waals surface area contributed by atoms with Gasteiger partial charge in [-0.3, -0.25) is 19.9 Å². The van der Waals surface area contributed by atoms with Gasteiger partial charge in [-0.1, -0.05) is 36.4 Å². The number of benzene rings is 3. The lowest BCUT2D eigenvalue weighted by atomic mass is 10.0. The number of aromatic amines is 2. The monoisotopic (exact) mass is 519 g/mol. The van der Waals surface area contributed by atoms with Crippen LogP contribution in [0.15, 0.2) is 91.4 Å². The maximum Gasteiger partial charge on any atom is 0.251 e. The van der Waals surface area contributed by atoms with Crippen molar-refractivity contribution in [2.75, 3.05) is 5.32 Å². The summed E-state index contributed by atoms with van der Waals surface area (Å²) < 4.78 is 14.0. The fourth-order valence-corrected chi connectivity index (χ4v) is 4.40. The highest BCUT2D eigenvalue weighted by atomic mass is 19.1. The summed E-state index contributed by atoms with van der Waals surface area (Å²) in [5.41, 5.74) is 2.84. The minimum atomic E-state index is -0.780. The molecule has 0 aliphatic heterocycles. The number of imidazole rings is 2. The lowest BCUT2D eigenvalue weighted by Gasteiger charge is -2.19. The zero-order valence-electron chi connectivity index (χ0n) is 20.5. The molecule has 3 heterocycles. The molecule has 0 saturated carbocycles. The minimum Gasteiger partial charge on any atom is -0.345 e. The predicted molar refractivity (Wildman–Crippen MR) is 145 cm³/mol. The summed E-state index contributed by atoms with van der Waals surface area (Å²) in [6.07, 6.45) is 4.76. The van der Waals surface area contributed by atoms with Gasteiger partial charge in [-0.2, -0.15) is 0 Å². The number of pyridine rings is 1. The molecule has 39 heavy (non-hydrogen) atoms. The van der Waals surface area contributed by atoms with Crippen molar-refractivity contribution in [1.29, 1.82) is 0 Å². The van der Waals surface area contributed by atoms with Gasteiger partial charge in [0.2, 0.25) is 11.9 Å². The van der Waals surface area contributed by atoms with Gasteiger partial charge in [-0.15, -0.1) is 0 Å². The molecule has 0 radical (unpaired) electrons. The Hall–Kier alpha value is -5.38. The first kappa shape index (κ1) is 24.0. The van der Waals surface area contributed by atoms with Crippen LogP contribution in [0.3, 0.4) is 0 Å². The van der Waals surface area contributed by atoms with Crippen LogP contribution in [0.5, 0.6) is 0 Å². The number of carbonyl (C=O) groups excluding carboxylic acids is 2. The van der Waals surface area contributed by atoms with E-state index in [9.17, 15) is 14.0 Å². The third kappa shape index (κ3) is 5.21. The van der Waals surface area contributed by atoms with Crippen LogP contribution in [0.25, 0.3) is 33.3 Å². The zero-order valence-corrected chi connectivity index (χ0v) is 20.5. The van der Waals surface area contributed by atoms with Crippen LogP contribution in [-0.2, 0) is 4.79 Å². The molecule has 1 unspecified atom stereocenters. The van der Waals surface area contributed by atoms with E-state index in [1.54, 1.807) is 36.7 Å². The van der Waals surface area contributed by atoms with Crippen LogP contribution >= 0.6 is 0 Å². The van der Waals surface area contributed by atoms with Gasteiger partial charge < -0.3 is 15.3 Å². The summed E-state index contributed by atoms with van der Waals surface area (Å²) in [7, 11) is 0. The molecule has 2 amide bonds. The second-order valence-electron chi connectivity index (χ2n) is 9.01. The van der Waals surface area contributed by atoms with Gasteiger partial charge in [0.15, 0.2) is 5.82 Å². The lowest BCUT2D eigenvalue weighted by molar-refractivity contribution is -0.116. The second-order valence-corrected chi connectivity index (χ2v) is 9.01. The van der Waals surface area contributed by atoms with E-state index in [-0.39, 0.29) is 12.4 Å². The van der Waals surface area contributed by atoms with E-state index in [0.717, 1.165) is 10.8 Å². The van der Waals surface area contributed by atoms with Crippen molar-refractivity contribution in [2.45, 2.75) is 12.5 Å². The number of H-pyrrole nitrogens is 2. The fraction of sp³-hybridized carbons (Fsp3) is 0.0690. The topological polar surface area (TPSA) is 128 Å². The average molecular weight is 520 g/mol. The highest BCUT2D eigenvalue weighted by Gasteiger charge is 2.21. The molecule has 9 nitrogen and oxygen atoms in total. The smallest absolute Gasteiger partial charge is 0.251 e. The van der Waals surface area contributed by atoms with Gasteiger partial charge in [0, 0.05) is 29.5 Å². The largest absolute Gasteiger partial charge is 0.345 e. The number of hydrogen-bond donors (Lipinski definition) is 4. The number of nitrogens with one attached hydrogen (secondary N) is 4. The molecule has 6 rings (SSSR count). The Morgan fingerprint density at radius 2 is 1.82 bits per heavy atom. The molecular formula is C29H22FN7O2. The van der Waals surface area contributed by atoms with Gasteiger partial charge in [0.05, 0.1) is 23.5 Å². The normalized spacial score (nSPS) is 11.9. The van der Waals surface area contributed by atoms with E-state index in [1.807, 2.05) is 30.3 Å². The van der Waals surface area contributed by atoms with Crippen molar-refractivity contribution in [3.8, 4) is 11.5 Å². The number of nitrogens with zero attached hydrogens (tertiary/aromatic N) is 3. The number of amides is 2. The van der Waals surface area contributed by atoms with E-state index in [2.05, 4.69) is 35.6 Å². The van der Waals surface area contributed by atoms with Gasteiger partial charge in [0.1, 0.15) is 11.5 Å². The molecule has 0 bridgehead atoms. The molecule has 3 aromatic carbocycles. The summed E-state index contributed by atoms with van der Waals surface area (Å²) in [5.74, 6) is -0.411. The van der Waals surface area contributed by atoms with Crippen LogP contribution in [0.1, 0.15) is 28.4 Å². The van der Waals surface area contributed by atoms with E-state index in [4.69, 9.17) is 0 Å². The summed E-state index contributed by atoms with van der Waals surface area (Å²) in [4.78, 5) is 45.1. The Morgan fingerprint density at radius 3 is 2.64 bits per heavy atom. The number of anilines is 1. The van der Waals surface area contributed by atoms with Crippen LogP contribution in [0.2, 0.25) is 0 Å². The Kier molecular flexibility index (Phi) is 6.26. The fourth-order valence-electron chi connectivity index (χ4n) is 4.40. The molecule has 192 valence electrons. The molecule has 3 aromatic heterocycles. The number of aromatic nitrogens is 5. The number of hydrogen-bond acceptors (Lipinski definition) is 5. The molecule has 0 fully saturated rings. The number of rotatable bonds is 7. The van der Waals surface area contributed by atoms with E-state index >= 15 is 0 Å². The summed E-state index contributed by atoms with van der Waals surface area (Å²) in [5, 5.41) is 7.57. The van der Waals surface area contributed by atoms with Crippen molar-refractivity contribution < 1.29 is 14.0 Å². The molecule has 10 heteroatoms. The van der Waals surface area contributed by atoms with Crippen LogP contribution < -0.4 is 10.6 Å². The molecule has 0 aliphatic carbocycles. The number of fused-ring (bicyclic) bond motifs is 2. The Balaban J connectivity index is 1.25. The summed E-state index contributed by atoms with van der Waals surface area (Å²) in [6, 6.07) is 20.0. The van der Waals surface area contributed by atoms with Crippen molar-refractivity contribution in [2.24, 2.45) is 0 Å². The number of halogens is 1. The first-order valence-corrected chi connectivity index (χ1v) is 12.2. The lowest BCUT2D eigenvalue weighted by Crippen LogP contribution is -2.31. The molecule has 0 spiro atoms. The summed E-state index contributed by atoms with van der Waals surface area (Å²) in [6.45, 7) is 0. The zero-order chi connectivity index (χ0) is 26.8. The van der Waals surface area contributed by atoms with Crippen LogP contribution in [0, 0.1) is 5.82 Å².